The maximum atomic E-state index is 11.7. The Kier molecular flexibility index (Phi) is 4.81. The Morgan fingerprint density at radius 2 is 2.18 bits per heavy atom. The molecule has 5 nitrogen and oxygen atoms in total. The van der Waals surface area contributed by atoms with Gasteiger partial charge >= 0.3 is 0 Å². The lowest BCUT2D eigenvalue weighted by molar-refractivity contribution is -0.127. The van der Waals surface area contributed by atoms with E-state index in [1.165, 1.54) is 6.33 Å². The number of hydrogen-bond donors (Lipinski definition) is 0. The molecule has 0 saturated carbocycles. The molecule has 5 heteroatoms. The molecule has 96 valence electrons. The van der Waals surface area contributed by atoms with Crippen molar-refractivity contribution in [2.24, 2.45) is 0 Å². The maximum Gasteiger partial charge on any atom is 0.166 e. The standard InChI is InChI=1S/C12H21N3O2/c1-5-6-15-11(13-9-14-15)7-10(16)8-17-12(2,3)4/h9H,5-8H2,1-4H3. The Morgan fingerprint density at radius 3 is 2.76 bits per heavy atom. The van der Waals surface area contributed by atoms with Crippen LogP contribution in [0.3, 0.4) is 0 Å². The fraction of sp³-hybridized carbons (Fsp3) is 0.750. The van der Waals surface area contributed by atoms with Crippen molar-refractivity contribution in [3.63, 3.8) is 0 Å². The van der Waals surface area contributed by atoms with Crippen LogP contribution < -0.4 is 0 Å². The van der Waals surface area contributed by atoms with Gasteiger partial charge in [-0.05, 0) is 27.2 Å². The molecule has 1 rings (SSSR count). The summed E-state index contributed by atoms with van der Waals surface area (Å²) in [5, 5.41) is 4.08. The second kappa shape index (κ2) is 5.91. The van der Waals surface area contributed by atoms with Crippen LogP contribution in [0.1, 0.15) is 39.9 Å². The van der Waals surface area contributed by atoms with Crippen molar-refractivity contribution in [3.8, 4) is 0 Å². The van der Waals surface area contributed by atoms with Crippen molar-refractivity contribution in [2.45, 2.75) is 52.7 Å². The monoisotopic (exact) mass is 239 g/mol. The zero-order valence-electron chi connectivity index (χ0n) is 11.1. The number of ketones is 1. The zero-order chi connectivity index (χ0) is 12.9. The van der Waals surface area contributed by atoms with Crippen molar-refractivity contribution in [2.75, 3.05) is 6.61 Å². The second-order valence-corrected chi connectivity index (χ2v) is 5.02. The number of aromatic nitrogens is 3. The lowest BCUT2D eigenvalue weighted by atomic mass is 10.2. The first-order chi connectivity index (χ1) is 7.92. The van der Waals surface area contributed by atoms with Crippen molar-refractivity contribution in [1.29, 1.82) is 0 Å². The molecule has 0 spiro atoms. The molecule has 0 amide bonds. The molecule has 0 aliphatic carbocycles. The molecule has 0 radical (unpaired) electrons. The van der Waals surface area contributed by atoms with E-state index >= 15 is 0 Å². The van der Waals surface area contributed by atoms with E-state index in [4.69, 9.17) is 4.74 Å². The summed E-state index contributed by atoms with van der Waals surface area (Å²) >= 11 is 0. The van der Waals surface area contributed by atoms with Gasteiger partial charge in [-0.15, -0.1) is 0 Å². The molecule has 0 unspecified atom stereocenters. The van der Waals surface area contributed by atoms with Gasteiger partial charge in [0.15, 0.2) is 5.78 Å². The number of Topliss-reactive ketones (excluding diaryl/α,β-unsaturated/α-hetero) is 1. The SMILES string of the molecule is CCCn1ncnc1CC(=O)COC(C)(C)C. The summed E-state index contributed by atoms with van der Waals surface area (Å²) < 4.78 is 7.21. The number of ether oxygens (including phenoxy) is 1. The largest absolute Gasteiger partial charge is 0.368 e. The van der Waals surface area contributed by atoms with Crippen LogP contribution in [0, 0.1) is 0 Å². The van der Waals surface area contributed by atoms with Crippen molar-refractivity contribution in [1.82, 2.24) is 14.8 Å². The quantitative estimate of drug-likeness (QED) is 0.757. The van der Waals surface area contributed by atoms with Crippen LogP contribution in [0.4, 0.5) is 0 Å². The minimum absolute atomic E-state index is 0.0327. The van der Waals surface area contributed by atoms with Gasteiger partial charge in [0.1, 0.15) is 18.8 Å². The summed E-state index contributed by atoms with van der Waals surface area (Å²) in [6.07, 6.45) is 2.75. The Bertz CT molecular complexity index is 366. The molecule has 1 heterocycles. The molecule has 0 aromatic carbocycles. The summed E-state index contributed by atoms with van der Waals surface area (Å²) in [6, 6.07) is 0. The first kappa shape index (κ1) is 13.8. The molecule has 17 heavy (non-hydrogen) atoms. The first-order valence-electron chi connectivity index (χ1n) is 5.94. The molecule has 1 aromatic heterocycles. The molecule has 0 atom stereocenters. The maximum absolute atomic E-state index is 11.7. The van der Waals surface area contributed by atoms with Gasteiger partial charge in [-0.2, -0.15) is 5.10 Å². The number of carbonyl (C=O) groups excluding carboxylic acids is 1. The highest BCUT2D eigenvalue weighted by Gasteiger charge is 2.15. The van der Waals surface area contributed by atoms with E-state index in [-0.39, 0.29) is 24.4 Å². The second-order valence-electron chi connectivity index (χ2n) is 5.02. The number of aryl methyl sites for hydroxylation is 1. The third-order valence-electron chi connectivity index (χ3n) is 2.15. The highest BCUT2D eigenvalue weighted by molar-refractivity contribution is 5.81. The van der Waals surface area contributed by atoms with Crippen molar-refractivity contribution in [3.05, 3.63) is 12.2 Å². The Hall–Kier alpha value is -1.23. The fourth-order valence-electron chi connectivity index (χ4n) is 1.35. The van der Waals surface area contributed by atoms with Crippen LogP contribution >= 0.6 is 0 Å². The van der Waals surface area contributed by atoms with Gasteiger partial charge in [-0.25, -0.2) is 9.67 Å². The summed E-state index contributed by atoms with van der Waals surface area (Å²) in [7, 11) is 0. The number of hydrogen-bond acceptors (Lipinski definition) is 4. The molecule has 0 aliphatic rings. The van der Waals surface area contributed by atoms with Crippen LogP contribution in [0.25, 0.3) is 0 Å². The summed E-state index contributed by atoms with van der Waals surface area (Å²) in [4.78, 5) is 15.8. The minimum atomic E-state index is -0.285. The Labute approximate surface area is 102 Å². The van der Waals surface area contributed by atoms with E-state index in [9.17, 15) is 4.79 Å². The first-order valence-corrected chi connectivity index (χ1v) is 5.94. The molecular weight excluding hydrogens is 218 g/mol. The summed E-state index contributed by atoms with van der Waals surface area (Å²) in [5.41, 5.74) is -0.285. The van der Waals surface area contributed by atoms with Crippen LogP contribution in [-0.2, 0) is 22.5 Å². The van der Waals surface area contributed by atoms with Crippen LogP contribution in [0.2, 0.25) is 0 Å². The Balaban J connectivity index is 2.47. The zero-order valence-corrected chi connectivity index (χ0v) is 11.1. The van der Waals surface area contributed by atoms with Crippen molar-refractivity contribution < 1.29 is 9.53 Å². The third-order valence-corrected chi connectivity index (χ3v) is 2.15. The average molecular weight is 239 g/mol. The van der Waals surface area contributed by atoms with Crippen LogP contribution in [0.5, 0.6) is 0 Å². The van der Waals surface area contributed by atoms with E-state index < -0.39 is 0 Å². The molecule has 0 bridgehead atoms. The number of rotatable bonds is 6. The van der Waals surface area contributed by atoms with Crippen LogP contribution in [0.15, 0.2) is 6.33 Å². The molecular formula is C12H21N3O2. The molecule has 0 aliphatic heterocycles. The van der Waals surface area contributed by atoms with E-state index in [2.05, 4.69) is 17.0 Å². The third kappa shape index (κ3) is 5.08. The lowest BCUT2D eigenvalue weighted by Gasteiger charge is -2.18. The van der Waals surface area contributed by atoms with Gasteiger partial charge in [0.2, 0.25) is 0 Å². The van der Waals surface area contributed by atoms with Crippen LogP contribution in [-0.4, -0.2) is 32.8 Å². The minimum Gasteiger partial charge on any atom is -0.368 e. The van der Waals surface area contributed by atoms with E-state index in [1.807, 2.05) is 20.8 Å². The van der Waals surface area contributed by atoms with Crippen molar-refractivity contribution >= 4 is 5.78 Å². The number of nitrogens with zero attached hydrogens (tertiary/aromatic N) is 3. The normalized spacial score (nSPS) is 11.8. The molecule has 0 N–H and O–H groups in total. The van der Waals surface area contributed by atoms with Gasteiger partial charge in [-0.1, -0.05) is 6.92 Å². The highest BCUT2D eigenvalue weighted by atomic mass is 16.5. The van der Waals surface area contributed by atoms with Gasteiger partial charge in [0, 0.05) is 6.54 Å². The van der Waals surface area contributed by atoms with Gasteiger partial charge in [0.25, 0.3) is 0 Å². The summed E-state index contributed by atoms with van der Waals surface area (Å²) in [6.45, 7) is 8.78. The molecule has 0 fully saturated rings. The van der Waals surface area contributed by atoms with E-state index in [0.29, 0.717) is 5.82 Å². The topological polar surface area (TPSA) is 57.0 Å². The summed E-state index contributed by atoms with van der Waals surface area (Å²) in [5.74, 6) is 0.750. The number of carbonyl (C=O) groups is 1. The van der Waals surface area contributed by atoms with Gasteiger partial charge < -0.3 is 4.74 Å². The van der Waals surface area contributed by atoms with Gasteiger partial charge in [0.05, 0.1) is 12.0 Å². The fourth-order valence-corrected chi connectivity index (χ4v) is 1.35. The van der Waals surface area contributed by atoms with Gasteiger partial charge in [-0.3, -0.25) is 4.79 Å². The molecule has 0 saturated heterocycles. The highest BCUT2D eigenvalue weighted by Crippen LogP contribution is 2.07. The van der Waals surface area contributed by atoms with E-state index in [1.54, 1.807) is 4.68 Å². The Morgan fingerprint density at radius 1 is 1.47 bits per heavy atom. The molecule has 1 aromatic rings. The average Bonchev–Trinajstić information content (AvgIpc) is 2.63. The van der Waals surface area contributed by atoms with E-state index in [0.717, 1.165) is 13.0 Å². The smallest absolute Gasteiger partial charge is 0.166 e. The lowest BCUT2D eigenvalue weighted by Crippen LogP contribution is -2.25. The predicted octanol–water partition coefficient (Wildman–Crippen LogP) is 1.61. The predicted molar refractivity (Wildman–Crippen MR) is 64.7 cm³/mol.